The maximum absolute atomic E-state index is 4.98. The number of hydrogen-bond acceptors (Lipinski definition) is 2. The van der Waals surface area contributed by atoms with Crippen LogP contribution in [0.1, 0.15) is 27.7 Å². The fourth-order valence-corrected chi connectivity index (χ4v) is 0.978. The summed E-state index contributed by atoms with van der Waals surface area (Å²) in [5.41, 5.74) is 0.161. The van der Waals surface area contributed by atoms with E-state index in [4.69, 9.17) is 4.74 Å². The maximum atomic E-state index is 4.98. The molecule has 0 aliphatic heterocycles. The van der Waals surface area contributed by atoms with Crippen molar-refractivity contribution in [3.05, 3.63) is 24.6 Å². The summed E-state index contributed by atoms with van der Waals surface area (Å²) in [7, 11) is 1.62. The highest BCUT2D eigenvalue weighted by Gasteiger charge is 2.21. The fraction of sp³-hybridized carbons (Fsp3) is 0.636. The van der Waals surface area contributed by atoms with Crippen molar-refractivity contribution in [2.75, 3.05) is 7.11 Å². The minimum absolute atomic E-state index is 0.161. The number of ether oxygens (including phenoxy) is 1. The molecule has 2 heteroatoms. The molecule has 2 nitrogen and oxygen atoms in total. The molecule has 0 aromatic carbocycles. The van der Waals surface area contributed by atoms with Gasteiger partial charge in [0, 0.05) is 0 Å². The molecule has 0 rings (SSSR count). The van der Waals surface area contributed by atoms with Crippen LogP contribution in [0.3, 0.4) is 0 Å². The van der Waals surface area contributed by atoms with Crippen LogP contribution in [0.2, 0.25) is 0 Å². The number of nitrogens with one attached hydrogen (secondary N) is 1. The van der Waals surface area contributed by atoms with Gasteiger partial charge < -0.3 is 10.1 Å². The van der Waals surface area contributed by atoms with E-state index in [0.717, 1.165) is 0 Å². The van der Waals surface area contributed by atoms with Crippen molar-refractivity contribution in [1.82, 2.24) is 5.32 Å². The van der Waals surface area contributed by atoms with Crippen molar-refractivity contribution in [3.63, 3.8) is 0 Å². The Morgan fingerprint density at radius 1 is 1.46 bits per heavy atom. The minimum Gasteiger partial charge on any atom is -0.483 e. The van der Waals surface area contributed by atoms with E-state index in [0.29, 0.717) is 5.88 Å². The molecule has 0 aliphatic carbocycles. The molecular formula is C11H21NO. The molecule has 0 radical (unpaired) electrons. The van der Waals surface area contributed by atoms with Gasteiger partial charge >= 0.3 is 0 Å². The monoisotopic (exact) mass is 183 g/mol. The summed E-state index contributed by atoms with van der Waals surface area (Å²) in [4.78, 5) is 0. The van der Waals surface area contributed by atoms with E-state index in [2.05, 4.69) is 38.7 Å². The average molecular weight is 183 g/mol. The molecule has 1 atom stereocenters. The molecule has 0 saturated heterocycles. The SMILES string of the molecule is C=C(NC(/C=C/C)C(C)(C)C)OC. The third-order valence-corrected chi connectivity index (χ3v) is 1.88. The summed E-state index contributed by atoms with van der Waals surface area (Å²) in [6.07, 6.45) is 4.15. The van der Waals surface area contributed by atoms with E-state index in [1.54, 1.807) is 7.11 Å². The van der Waals surface area contributed by atoms with Crippen molar-refractivity contribution in [3.8, 4) is 0 Å². The summed E-state index contributed by atoms with van der Waals surface area (Å²) >= 11 is 0. The zero-order valence-electron chi connectivity index (χ0n) is 9.35. The van der Waals surface area contributed by atoms with Crippen LogP contribution < -0.4 is 5.32 Å². The zero-order valence-corrected chi connectivity index (χ0v) is 9.35. The van der Waals surface area contributed by atoms with Gasteiger partial charge in [0.2, 0.25) is 0 Å². The van der Waals surface area contributed by atoms with Gasteiger partial charge in [0.05, 0.1) is 13.2 Å². The molecule has 0 bridgehead atoms. The summed E-state index contributed by atoms with van der Waals surface area (Å²) < 4.78 is 4.98. The van der Waals surface area contributed by atoms with Crippen LogP contribution in [-0.4, -0.2) is 13.2 Å². The van der Waals surface area contributed by atoms with E-state index in [-0.39, 0.29) is 11.5 Å². The molecule has 1 unspecified atom stereocenters. The van der Waals surface area contributed by atoms with Crippen molar-refractivity contribution in [2.24, 2.45) is 5.41 Å². The summed E-state index contributed by atoms with van der Waals surface area (Å²) in [6.45, 7) is 12.3. The van der Waals surface area contributed by atoms with Gasteiger partial charge in [0.1, 0.15) is 0 Å². The van der Waals surface area contributed by atoms with Crippen LogP contribution in [0.4, 0.5) is 0 Å². The van der Waals surface area contributed by atoms with Gasteiger partial charge in [-0.1, -0.05) is 32.9 Å². The predicted molar refractivity (Wildman–Crippen MR) is 57.3 cm³/mol. The molecule has 0 amide bonds. The first kappa shape index (κ1) is 12.1. The number of hydrogen-bond donors (Lipinski definition) is 1. The molecule has 1 N–H and O–H groups in total. The Kier molecular flexibility index (Phi) is 4.60. The number of allylic oxidation sites excluding steroid dienone is 1. The first-order valence-electron chi connectivity index (χ1n) is 4.54. The Balaban J connectivity index is 4.36. The summed E-state index contributed by atoms with van der Waals surface area (Å²) in [5, 5.41) is 3.20. The second-order valence-corrected chi connectivity index (χ2v) is 4.14. The summed E-state index contributed by atoms with van der Waals surface area (Å²) in [5.74, 6) is 0.609. The first-order chi connectivity index (χ1) is 5.91. The van der Waals surface area contributed by atoms with Crippen molar-refractivity contribution in [1.29, 1.82) is 0 Å². The standard InChI is InChI=1S/C11H21NO/c1-7-8-10(11(3,4)5)12-9(2)13-6/h7-8,10,12H,2H2,1,3-6H3/b8-7+. The Labute approximate surface area is 81.7 Å². The molecule has 0 aromatic heterocycles. The Morgan fingerprint density at radius 3 is 2.31 bits per heavy atom. The minimum atomic E-state index is 0.161. The van der Waals surface area contributed by atoms with Crippen LogP contribution in [0.25, 0.3) is 0 Å². The smallest absolute Gasteiger partial charge is 0.179 e. The predicted octanol–water partition coefficient (Wildman–Crippen LogP) is 2.68. The van der Waals surface area contributed by atoms with Crippen LogP contribution >= 0.6 is 0 Å². The van der Waals surface area contributed by atoms with Gasteiger partial charge in [0.25, 0.3) is 0 Å². The highest BCUT2D eigenvalue weighted by atomic mass is 16.5. The molecule has 0 heterocycles. The lowest BCUT2D eigenvalue weighted by Crippen LogP contribution is -2.38. The van der Waals surface area contributed by atoms with Crippen molar-refractivity contribution < 1.29 is 4.74 Å². The quantitative estimate of drug-likeness (QED) is 0.534. The zero-order chi connectivity index (χ0) is 10.5. The highest BCUT2D eigenvalue weighted by Crippen LogP contribution is 2.20. The fourth-order valence-electron chi connectivity index (χ4n) is 0.978. The van der Waals surface area contributed by atoms with Gasteiger partial charge in [0.15, 0.2) is 5.88 Å². The van der Waals surface area contributed by atoms with Gasteiger partial charge in [-0.25, -0.2) is 0 Å². The normalized spacial score (nSPS) is 14.2. The molecule has 0 fully saturated rings. The van der Waals surface area contributed by atoms with Gasteiger partial charge in [-0.05, 0) is 18.9 Å². The van der Waals surface area contributed by atoms with E-state index in [9.17, 15) is 0 Å². The van der Waals surface area contributed by atoms with E-state index in [1.807, 2.05) is 13.0 Å². The lowest BCUT2D eigenvalue weighted by Gasteiger charge is -2.29. The van der Waals surface area contributed by atoms with Crippen LogP contribution in [0.5, 0.6) is 0 Å². The second kappa shape index (κ2) is 4.95. The molecule has 0 spiro atoms. The lowest BCUT2D eigenvalue weighted by molar-refractivity contribution is 0.225. The molecular weight excluding hydrogens is 162 g/mol. The van der Waals surface area contributed by atoms with Crippen LogP contribution in [0, 0.1) is 5.41 Å². The topological polar surface area (TPSA) is 21.3 Å². The summed E-state index contributed by atoms with van der Waals surface area (Å²) in [6, 6.07) is 0.255. The van der Waals surface area contributed by atoms with Crippen LogP contribution in [0.15, 0.2) is 24.6 Å². The second-order valence-electron chi connectivity index (χ2n) is 4.14. The first-order valence-corrected chi connectivity index (χ1v) is 4.54. The third kappa shape index (κ3) is 4.61. The van der Waals surface area contributed by atoms with Crippen LogP contribution in [-0.2, 0) is 4.74 Å². The molecule has 76 valence electrons. The lowest BCUT2D eigenvalue weighted by atomic mass is 9.86. The highest BCUT2D eigenvalue weighted by molar-refractivity contribution is 5.02. The Morgan fingerprint density at radius 2 is 2.00 bits per heavy atom. The number of methoxy groups -OCH3 is 1. The third-order valence-electron chi connectivity index (χ3n) is 1.88. The molecule has 0 aromatic rings. The average Bonchev–Trinajstić information content (AvgIpc) is 2.01. The maximum Gasteiger partial charge on any atom is 0.179 e. The molecule has 0 saturated carbocycles. The van der Waals surface area contributed by atoms with Crippen molar-refractivity contribution >= 4 is 0 Å². The molecule has 0 aliphatic rings. The van der Waals surface area contributed by atoms with E-state index < -0.39 is 0 Å². The van der Waals surface area contributed by atoms with Gasteiger partial charge in [-0.15, -0.1) is 0 Å². The molecule has 13 heavy (non-hydrogen) atoms. The van der Waals surface area contributed by atoms with E-state index in [1.165, 1.54) is 0 Å². The Bertz CT molecular complexity index is 189. The Hall–Kier alpha value is -0.920. The number of rotatable bonds is 4. The van der Waals surface area contributed by atoms with Crippen molar-refractivity contribution in [2.45, 2.75) is 33.7 Å². The van der Waals surface area contributed by atoms with Gasteiger partial charge in [-0.2, -0.15) is 0 Å². The largest absolute Gasteiger partial charge is 0.483 e. The van der Waals surface area contributed by atoms with E-state index >= 15 is 0 Å². The van der Waals surface area contributed by atoms with Gasteiger partial charge in [-0.3, -0.25) is 0 Å².